The monoisotopic (exact) mass is 591 g/mol. The summed E-state index contributed by atoms with van der Waals surface area (Å²) in [6.45, 7) is 2.48. The first-order chi connectivity index (χ1) is 17.6. The predicted molar refractivity (Wildman–Crippen MR) is 144 cm³/mol. The molecule has 0 unspecified atom stereocenters. The van der Waals surface area contributed by atoms with Crippen molar-refractivity contribution in [2.45, 2.75) is 39.3 Å². The molecule has 4 aromatic rings. The lowest BCUT2D eigenvalue weighted by Crippen LogP contribution is -2.23. The van der Waals surface area contributed by atoms with Crippen LogP contribution in [0.4, 0.5) is 5.82 Å². The standard InChI is InChI=1S/C24H27BrN5O6P/c1-2-3-7-19-29-21-22(30(19)13-15-5-4-6-18(31)23(15)36-37(33,34)35)16-10-14(12-27-20(32)11-25)8-9-17(16)28-24(21)26/h4-6,8-10,31H,2-3,7,11-13H2,1H3,(H2,26,28)(H,27,32)(H2,33,34,35). The van der Waals surface area contributed by atoms with Crippen LogP contribution < -0.4 is 15.6 Å². The van der Waals surface area contributed by atoms with Crippen LogP contribution in [-0.2, 0) is 28.9 Å². The molecule has 0 bridgehead atoms. The summed E-state index contributed by atoms with van der Waals surface area (Å²) in [7, 11) is -4.93. The smallest absolute Gasteiger partial charge is 0.504 e. The van der Waals surface area contributed by atoms with E-state index in [-0.39, 0.29) is 29.3 Å². The molecular formula is C24H27BrN5O6P. The average Bonchev–Trinajstić information content (AvgIpc) is 3.21. The number of carbonyl (C=O) groups excluding carboxylic acids is 1. The molecule has 2 aromatic heterocycles. The normalized spacial score (nSPS) is 11.8. The number of para-hydroxylation sites is 1. The maximum absolute atomic E-state index is 11.7. The molecule has 4 rings (SSSR count). The van der Waals surface area contributed by atoms with Gasteiger partial charge < -0.3 is 25.2 Å². The first kappa shape index (κ1) is 26.9. The fourth-order valence-corrected chi connectivity index (χ4v) is 4.80. The Labute approximate surface area is 221 Å². The lowest BCUT2D eigenvalue weighted by atomic mass is 10.1. The summed E-state index contributed by atoms with van der Waals surface area (Å²) in [5.74, 6) is 0.122. The molecule has 37 heavy (non-hydrogen) atoms. The van der Waals surface area contributed by atoms with Gasteiger partial charge in [-0.2, -0.15) is 0 Å². The Bertz CT molecular complexity index is 1520. The van der Waals surface area contributed by atoms with E-state index in [4.69, 9.17) is 15.2 Å². The van der Waals surface area contributed by atoms with E-state index in [2.05, 4.69) is 33.2 Å². The van der Waals surface area contributed by atoms with E-state index in [9.17, 15) is 24.3 Å². The first-order valence-electron chi connectivity index (χ1n) is 11.6. The summed E-state index contributed by atoms with van der Waals surface area (Å²) in [6.07, 6.45) is 2.40. The number of phosphoric ester groups is 1. The van der Waals surface area contributed by atoms with Crippen molar-refractivity contribution in [2.24, 2.45) is 0 Å². The largest absolute Gasteiger partial charge is 0.524 e. The van der Waals surface area contributed by atoms with Crippen molar-refractivity contribution in [2.75, 3.05) is 11.1 Å². The molecule has 6 N–H and O–H groups in total. The molecule has 0 fully saturated rings. The number of hydrogen-bond acceptors (Lipinski definition) is 7. The van der Waals surface area contributed by atoms with Gasteiger partial charge in [0.05, 0.1) is 22.9 Å². The number of nitrogens with one attached hydrogen (secondary N) is 1. The van der Waals surface area contributed by atoms with Crippen LogP contribution in [0.5, 0.6) is 11.5 Å². The lowest BCUT2D eigenvalue weighted by Gasteiger charge is -2.16. The number of aromatic nitrogens is 3. The molecule has 0 saturated carbocycles. The van der Waals surface area contributed by atoms with Gasteiger partial charge in [0.1, 0.15) is 11.3 Å². The number of amides is 1. The second kappa shape index (κ2) is 11.1. The number of carbonyl (C=O) groups is 1. The number of phenols is 1. The number of nitrogens with two attached hydrogens (primary N) is 1. The number of alkyl halides is 1. The third kappa shape index (κ3) is 6.04. The zero-order chi connectivity index (χ0) is 26.7. The fraction of sp³-hybridized carbons (Fsp3) is 0.292. The zero-order valence-corrected chi connectivity index (χ0v) is 22.5. The number of hydrogen-bond donors (Lipinski definition) is 5. The van der Waals surface area contributed by atoms with Gasteiger partial charge >= 0.3 is 7.82 Å². The number of unbranched alkanes of at least 4 members (excludes halogenated alkanes) is 1. The van der Waals surface area contributed by atoms with Crippen LogP contribution in [0.1, 0.15) is 36.7 Å². The number of halogens is 1. The van der Waals surface area contributed by atoms with Crippen molar-refractivity contribution in [1.82, 2.24) is 19.9 Å². The Morgan fingerprint density at radius 1 is 1.24 bits per heavy atom. The van der Waals surface area contributed by atoms with Crippen molar-refractivity contribution in [3.63, 3.8) is 0 Å². The molecule has 0 aliphatic carbocycles. The van der Waals surface area contributed by atoms with Crippen molar-refractivity contribution < 1.29 is 28.8 Å². The molecule has 0 saturated heterocycles. The minimum Gasteiger partial charge on any atom is -0.504 e. The highest BCUT2D eigenvalue weighted by Crippen LogP contribution is 2.44. The van der Waals surface area contributed by atoms with Gasteiger partial charge in [-0.25, -0.2) is 14.5 Å². The SMILES string of the molecule is CCCCc1nc2c(N)nc3ccc(CNC(=O)CBr)cc3c2n1Cc1cccc(O)c1OP(=O)(O)O. The molecule has 0 aliphatic heterocycles. The highest BCUT2D eigenvalue weighted by atomic mass is 79.9. The van der Waals surface area contributed by atoms with Gasteiger partial charge in [0.15, 0.2) is 17.3 Å². The molecule has 2 heterocycles. The Balaban J connectivity index is 1.92. The number of phenolic OH excluding ortho intramolecular Hbond substituents is 1. The number of aryl methyl sites for hydroxylation is 1. The van der Waals surface area contributed by atoms with Crippen molar-refractivity contribution in [1.29, 1.82) is 0 Å². The lowest BCUT2D eigenvalue weighted by molar-refractivity contribution is -0.118. The average molecular weight is 592 g/mol. The molecule has 1 amide bonds. The van der Waals surface area contributed by atoms with E-state index in [1.807, 2.05) is 22.8 Å². The third-order valence-electron chi connectivity index (χ3n) is 5.83. The Morgan fingerprint density at radius 3 is 2.73 bits per heavy atom. The van der Waals surface area contributed by atoms with Crippen LogP contribution in [0.3, 0.4) is 0 Å². The summed E-state index contributed by atoms with van der Waals surface area (Å²) in [5.41, 5.74) is 9.32. The van der Waals surface area contributed by atoms with Gasteiger partial charge in [0.25, 0.3) is 0 Å². The zero-order valence-electron chi connectivity index (χ0n) is 20.0. The number of benzene rings is 2. The maximum atomic E-state index is 11.7. The molecule has 196 valence electrons. The third-order valence-corrected chi connectivity index (χ3v) is 6.76. The number of imidazole rings is 1. The Morgan fingerprint density at radius 2 is 2.03 bits per heavy atom. The number of fused-ring (bicyclic) bond motifs is 3. The van der Waals surface area contributed by atoms with Gasteiger partial charge in [-0.15, -0.1) is 0 Å². The van der Waals surface area contributed by atoms with E-state index < -0.39 is 13.6 Å². The van der Waals surface area contributed by atoms with Gasteiger partial charge in [-0.05, 0) is 30.2 Å². The fourth-order valence-electron chi connectivity index (χ4n) is 4.15. The molecule has 0 atom stereocenters. The summed E-state index contributed by atoms with van der Waals surface area (Å²) >= 11 is 3.14. The number of pyridine rings is 1. The highest BCUT2D eigenvalue weighted by molar-refractivity contribution is 9.09. The summed E-state index contributed by atoms with van der Waals surface area (Å²) in [5, 5.41) is 14.1. The minimum absolute atomic E-state index is 0.0996. The first-order valence-corrected chi connectivity index (χ1v) is 14.2. The summed E-state index contributed by atoms with van der Waals surface area (Å²) < 4.78 is 18.4. The van der Waals surface area contributed by atoms with Crippen molar-refractivity contribution in [3.8, 4) is 11.5 Å². The number of nitrogen functional groups attached to an aromatic ring is 1. The maximum Gasteiger partial charge on any atom is 0.524 e. The molecule has 13 heteroatoms. The number of rotatable bonds is 10. The van der Waals surface area contributed by atoms with Crippen LogP contribution in [0, 0.1) is 0 Å². The number of aromatic hydroxyl groups is 1. The second-order valence-electron chi connectivity index (χ2n) is 8.52. The Kier molecular flexibility index (Phi) is 8.03. The van der Waals surface area contributed by atoms with Crippen LogP contribution in [-0.4, -0.2) is 40.7 Å². The molecule has 11 nitrogen and oxygen atoms in total. The van der Waals surface area contributed by atoms with Gasteiger partial charge in [-0.3, -0.25) is 14.6 Å². The molecule has 0 aliphatic rings. The number of phosphoric acid groups is 1. The van der Waals surface area contributed by atoms with Gasteiger partial charge in [0.2, 0.25) is 5.91 Å². The quantitative estimate of drug-likeness (QED) is 0.136. The van der Waals surface area contributed by atoms with Crippen LogP contribution >= 0.6 is 23.8 Å². The second-order valence-corrected chi connectivity index (χ2v) is 10.2. The van der Waals surface area contributed by atoms with E-state index >= 15 is 0 Å². The minimum atomic E-state index is -4.93. The van der Waals surface area contributed by atoms with Crippen LogP contribution in [0.25, 0.3) is 21.9 Å². The van der Waals surface area contributed by atoms with Crippen LogP contribution in [0.15, 0.2) is 36.4 Å². The summed E-state index contributed by atoms with van der Waals surface area (Å²) in [4.78, 5) is 39.8. The predicted octanol–water partition coefficient (Wildman–Crippen LogP) is 3.75. The van der Waals surface area contributed by atoms with Gasteiger partial charge in [-0.1, -0.05) is 47.5 Å². The van der Waals surface area contributed by atoms with Crippen molar-refractivity contribution in [3.05, 3.63) is 53.3 Å². The molecule has 2 aromatic carbocycles. The highest BCUT2D eigenvalue weighted by Gasteiger charge is 2.24. The molecule has 0 spiro atoms. The van der Waals surface area contributed by atoms with Gasteiger partial charge in [0, 0.05) is 23.9 Å². The number of anilines is 1. The number of nitrogens with zero attached hydrogens (tertiary/aromatic N) is 3. The molecular weight excluding hydrogens is 565 g/mol. The topological polar surface area (TPSA) is 173 Å². The Hall–Kier alpha value is -3.18. The van der Waals surface area contributed by atoms with E-state index in [1.165, 1.54) is 6.07 Å². The van der Waals surface area contributed by atoms with E-state index in [0.717, 1.165) is 23.8 Å². The van der Waals surface area contributed by atoms with E-state index in [1.54, 1.807) is 12.1 Å². The summed E-state index contributed by atoms with van der Waals surface area (Å²) in [6, 6.07) is 10.1. The van der Waals surface area contributed by atoms with Crippen molar-refractivity contribution >= 4 is 57.4 Å². The molecule has 0 radical (unpaired) electrons. The van der Waals surface area contributed by atoms with E-state index in [0.29, 0.717) is 40.9 Å². The van der Waals surface area contributed by atoms with Crippen LogP contribution in [0.2, 0.25) is 0 Å².